The third kappa shape index (κ3) is 3.46. The van der Waals surface area contributed by atoms with Gasteiger partial charge in [-0.3, -0.25) is 4.98 Å². The molecule has 0 unspecified atom stereocenters. The molecule has 1 fully saturated rings. The molecular formula is C15H15F3N4O2. The number of nitrogens with zero attached hydrogens (tertiary/aromatic N) is 3. The van der Waals surface area contributed by atoms with Crippen molar-refractivity contribution in [1.82, 2.24) is 15.0 Å². The van der Waals surface area contributed by atoms with Crippen LogP contribution in [0.5, 0.6) is 0 Å². The van der Waals surface area contributed by atoms with E-state index in [1.165, 1.54) is 12.3 Å². The van der Waals surface area contributed by atoms with Gasteiger partial charge >= 0.3 is 6.18 Å². The molecule has 6 nitrogen and oxygen atoms in total. The van der Waals surface area contributed by atoms with Gasteiger partial charge in [0.05, 0.1) is 25.2 Å². The van der Waals surface area contributed by atoms with Crippen LogP contribution in [0.25, 0.3) is 11.5 Å². The van der Waals surface area contributed by atoms with Crippen LogP contribution in [-0.2, 0) is 10.9 Å². The quantitative estimate of drug-likeness (QED) is 0.866. The molecule has 24 heavy (non-hydrogen) atoms. The van der Waals surface area contributed by atoms with Crippen molar-refractivity contribution in [3.63, 3.8) is 0 Å². The average molecular weight is 340 g/mol. The van der Waals surface area contributed by atoms with E-state index >= 15 is 0 Å². The molecule has 0 bridgehead atoms. The van der Waals surface area contributed by atoms with E-state index in [0.29, 0.717) is 13.2 Å². The summed E-state index contributed by atoms with van der Waals surface area (Å²) in [6.45, 7) is 0.825. The maximum Gasteiger partial charge on any atom is 0.433 e. The summed E-state index contributed by atoms with van der Waals surface area (Å²) in [6, 6.07) is 5.68. The van der Waals surface area contributed by atoms with Crippen molar-refractivity contribution in [3.05, 3.63) is 36.2 Å². The van der Waals surface area contributed by atoms with Crippen LogP contribution in [0.1, 0.15) is 5.69 Å². The second-order valence-electron chi connectivity index (χ2n) is 5.68. The van der Waals surface area contributed by atoms with Gasteiger partial charge in [0.25, 0.3) is 0 Å². The monoisotopic (exact) mass is 340 g/mol. The fourth-order valence-electron chi connectivity index (χ4n) is 2.21. The van der Waals surface area contributed by atoms with Crippen LogP contribution in [0.2, 0.25) is 0 Å². The number of hydrogen-bond donors (Lipinski definition) is 2. The summed E-state index contributed by atoms with van der Waals surface area (Å²) in [5.74, 6) is -0.0893. The highest BCUT2D eigenvalue weighted by atomic mass is 19.4. The molecule has 0 atom stereocenters. The lowest BCUT2D eigenvalue weighted by molar-refractivity contribution is -0.141. The van der Waals surface area contributed by atoms with E-state index in [9.17, 15) is 18.3 Å². The van der Waals surface area contributed by atoms with Gasteiger partial charge in [-0.25, -0.2) is 9.97 Å². The second-order valence-corrected chi connectivity index (χ2v) is 5.68. The lowest BCUT2D eigenvalue weighted by Gasteiger charge is -2.39. The number of rotatable bonds is 5. The van der Waals surface area contributed by atoms with Crippen molar-refractivity contribution in [1.29, 1.82) is 0 Å². The zero-order valence-electron chi connectivity index (χ0n) is 12.5. The largest absolute Gasteiger partial charge is 0.433 e. The SMILES string of the molecule is OCC1(CNc2cc(C(F)(F)F)nc(-c3ccccn3)n2)COC1. The van der Waals surface area contributed by atoms with E-state index in [2.05, 4.69) is 20.3 Å². The topological polar surface area (TPSA) is 80.2 Å². The molecule has 0 aliphatic carbocycles. The van der Waals surface area contributed by atoms with Crippen LogP contribution in [0.15, 0.2) is 30.5 Å². The summed E-state index contributed by atoms with van der Waals surface area (Å²) in [7, 11) is 0. The number of halogens is 3. The Kier molecular flexibility index (Phi) is 4.37. The molecule has 128 valence electrons. The fraction of sp³-hybridized carbons (Fsp3) is 0.400. The van der Waals surface area contributed by atoms with E-state index in [1.807, 2.05) is 0 Å². The minimum absolute atomic E-state index is 0.0257. The van der Waals surface area contributed by atoms with Crippen molar-refractivity contribution >= 4 is 5.82 Å². The van der Waals surface area contributed by atoms with Crippen molar-refractivity contribution in [2.75, 3.05) is 31.7 Å². The van der Waals surface area contributed by atoms with E-state index in [0.717, 1.165) is 6.07 Å². The van der Waals surface area contributed by atoms with Gasteiger partial charge in [0.1, 0.15) is 11.5 Å². The van der Waals surface area contributed by atoms with Crippen LogP contribution in [0, 0.1) is 5.41 Å². The summed E-state index contributed by atoms with van der Waals surface area (Å²) >= 11 is 0. The van der Waals surface area contributed by atoms with Crippen LogP contribution in [0.4, 0.5) is 19.0 Å². The summed E-state index contributed by atoms with van der Waals surface area (Å²) in [6.07, 6.45) is -3.14. The number of nitrogens with one attached hydrogen (secondary N) is 1. The molecule has 1 aliphatic heterocycles. The molecule has 0 spiro atoms. The van der Waals surface area contributed by atoms with Gasteiger partial charge in [0.2, 0.25) is 0 Å². The Morgan fingerprint density at radius 1 is 1.25 bits per heavy atom. The number of aliphatic hydroxyl groups excluding tert-OH is 1. The predicted octanol–water partition coefficient (Wildman–Crippen LogP) is 1.98. The van der Waals surface area contributed by atoms with Crippen LogP contribution in [0.3, 0.4) is 0 Å². The Morgan fingerprint density at radius 2 is 2.04 bits per heavy atom. The first kappa shape index (κ1) is 16.6. The molecule has 1 aliphatic rings. The Morgan fingerprint density at radius 3 is 2.58 bits per heavy atom. The number of pyridine rings is 1. The summed E-state index contributed by atoms with van der Waals surface area (Å²) in [5.41, 5.74) is -1.30. The van der Waals surface area contributed by atoms with Gasteiger partial charge in [-0.05, 0) is 12.1 Å². The number of hydrogen-bond acceptors (Lipinski definition) is 6. The third-order valence-corrected chi connectivity index (χ3v) is 3.71. The minimum Gasteiger partial charge on any atom is -0.396 e. The Balaban J connectivity index is 1.90. The molecule has 1 saturated heterocycles. The first-order valence-corrected chi connectivity index (χ1v) is 7.22. The van der Waals surface area contributed by atoms with E-state index in [-0.39, 0.29) is 30.5 Å². The maximum absolute atomic E-state index is 13.1. The molecule has 3 rings (SSSR count). The van der Waals surface area contributed by atoms with Crippen LogP contribution < -0.4 is 5.32 Å². The number of aliphatic hydroxyl groups is 1. The first-order valence-electron chi connectivity index (χ1n) is 7.22. The predicted molar refractivity (Wildman–Crippen MR) is 79.1 cm³/mol. The molecule has 9 heteroatoms. The van der Waals surface area contributed by atoms with Gasteiger partial charge in [-0.2, -0.15) is 13.2 Å². The molecule has 0 aromatic carbocycles. The number of anilines is 1. The normalized spacial score (nSPS) is 16.5. The molecule has 3 heterocycles. The standard InChI is InChI=1S/C15H15F3N4O2/c16-15(17,18)11-5-12(20-6-14(7-23)8-24-9-14)22-13(21-11)10-3-1-2-4-19-10/h1-5,23H,6-9H2,(H,20,21,22). The Labute approximate surface area is 135 Å². The smallest absolute Gasteiger partial charge is 0.396 e. The summed E-state index contributed by atoms with van der Waals surface area (Å²) < 4.78 is 44.3. The molecular weight excluding hydrogens is 325 g/mol. The summed E-state index contributed by atoms with van der Waals surface area (Å²) in [4.78, 5) is 11.7. The lowest BCUT2D eigenvalue weighted by atomic mass is 9.87. The number of alkyl halides is 3. The number of aromatic nitrogens is 3. The zero-order chi connectivity index (χ0) is 17.2. The minimum atomic E-state index is -4.60. The van der Waals surface area contributed by atoms with Gasteiger partial charge in [0, 0.05) is 18.8 Å². The Bertz CT molecular complexity index is 700. The first-order chi connectivity index (χ1) is 11.4. The highest BCUT2D eigenvalue weighted by molar-refractivity contribution is 5.53. The third-order valence-electron chi connectivity index (χ3n) is 3.71. The average Bonchev–Trinajstić information content (AvgIpc) is 2.54. The highest BCUT2D eigenvalue weighted by Crippen LogP contribution is 2.31. The van der Waals surface area contributed by atoms with Crippen LogP contribution in [-0.4, -0.2) is 46.4 Å². The van der Waals surface area contributed by atoms with Gasteiger partial charge in [0.15, 0.2) is 11.5 Å². The van der Waals surface area contributed by atoms with Crippen LogP contribution >= 0.6 is 0 Å². The van der Waals surface area contributed by atoms with Crippen molar-refractivity contribution in [3.8, 4) is 11.5 Å². The zero-order valence-corrected chi connectivity index (χ0v) is 12.5. The maximum atomic E-state index is 13.1. The van der Waals surface area contributed by atoms with E-state index in [4.69, 9.17) is 4.74 Å². The van der Waals surface area contributed by atoms with Gasteiger partial charge < -0.3 is 15.2 Å². The van der Waals surface area contributed by atoms with Crippen molar-refractivity contribution in [2.45, 2.75) is 6.18 Å². The molecule has 0 saturated carbocycles. The van der Waals surface area contributed by atoms with Gasteiger partial charge in [-0.15, -0.1) is 0 Å². The van der Waals surface area contributed by atoms with E-state index in [1.54, 1.807) is 12.1 Å². The Hall–Kier alpha value is -2.26. The van der Waals surface area contributed by atoms with E-state index < -0.39 is 17.3 Å². The molecule has 2 aromatic rings. The number of ether oxygens (including phenoxy) is 1. The fourth-order valence-corrected chi connectivity index (χ4v) is 2.21. The molecule has 0 radical (unpaired) electrons. The van der Waals surface area contributed by atoms with Crippen molar-refractivity contribution in [2.24, 2.45) is 5.41 Å². The van der Waals surface area contributed by atoms with Gasteiger partial charge in [-0.1, -0.05) is 6.07 Å². The highest BCUT2D eigenvalue weighted by Gasteiger charge is 2.38. The molecule has 2 aromatic heterocycles. The lowest BCUT2D eigenvalue weighted by Crippen LogP contribution is -2.50. The second kappa shape index (κ2) is 6.33. The molecule has 0 amide bonds. The molecule has 2 N–H and O–H groups in total. The van der Waals surface area contributed by atoms with Crippen molar-refractivity contribution < 1.29 is 23.0 Å². The summed E-state index contributed by atoms with van der Waals surface area (Å²) in [5, 5.41) is 12.2.